The number of rotatable bonds is 6. The summed E-state index contributed by atoms with van der Waals surface area (Å²) in [6, 6.07) is 12.8. The number of benzene rings is 2. The van der Waals surface area contributed by atoms with E-state index in [-0.39, 0.29) is 12.3 Å². The number of anilines is 1. The van der Waals surface area contributed by atoms with Gasteiger partial charge in [-0.1, -0.05) is 36.4 Å². The molecule has 1 atom stereocenters. The topological polar surface area (TPSA) is 71.1 Å². The quantitative estimate of drug-likeness (QED) is 0.601. The Hall–Kier alpha value is -3.20. The van der Waals surface area contributed by atoms with Crippen LogP contribution in [0.1, 0.15) is 33.3 Å². The predicted octanol–water partition coefficient (Wildman–Crippen LogP) is 4.51. The SMILES string of the molecule is CC(NC(=O)c1ccccc1)C(=O)Nc1ncc(Cc2cccc(C(F)(F)F)c2)s1. The number of aromatic nitrogens is 1. The Morgan fingerprint density at radius 2 is 1.83 bits per heavy atom. The first-order chi connectivity index (χ1) is 14.2. The monoisotopic (exact) mass is 433 g/mol. The molecule has 0 spiro atoms. The molecule has 1 unspecified atom stereocenters. The maximum absolute atomic E-state index is 12.8. The first kappa shape index (κ1) is 21.5. The van der Waals surface area contributed by atoms with Crippen molar-refractivity contribution in [3.05, 3.63) is 82.4 Å². The number of hydrogen-bond donors (Lipinski definition) is 2. The van der Waals surface area contributed by atoms with Crippen LogP contribution in [-0.2, 0) is 17.4 Å². The smallest absolute Gasteiger partial charge is 0.341 e. The molecular formula is C21H18F3N3O2S. The van der Waals surface area contributed by atoms with Gasteiger partial charge in [0.15, 0.2) is 5.13 Å². The number of halogens is 3. The standard InChI is InChI=1S/C21H18F3N3O2S/c1-13(26-19(29)15-7-3-2-4-8-15)18(28)27-20-25-12-17(30-20)11-14-6-5-9-16(10-14)21(22,23)24/h2-10,12-13H,11H2,1H3,(H,26,29)(H,25,27,28). The van der Waals surface area contributed by atoms with Crippen molar-refractivity contribution in [1.29, 1.82) is 0 Å². The van der Waals surface area contributed by atoms with Crippen molar-refractivity contribution in [3.63, 3.8) is 0 Å². The highest BCUT2D eigenvalue weighted by Gasteiger charge is 2.30. The third kappa shape index (κ3) is 5.66. The van der Waals surface area contributed by atoms with E-state index in [0.29, 0.717) is 21.1 Å². The van der Waals surface area contributed by atoms with E-state index < -0.39 is 23.7 Å². The first-order valence-corrected chi connectivity index (χ1v) is 9.81. The van der Waals surface area contributed by atoms with E-state index >= 15 is 0 Å². The average molecular weight is 433 g/mol. The van der Waals surface area contributed by atoms with E-state index in [0.717, 1.165) is 12.1 Å². The van der Waals surface area contributed by atoms with Gasteiger partial charge in [0.05, 0.1) is 5.56 Å². The van der Waals surface area contributed by atoms with Crippen LogP contribution in [0.3, 0.4) is 0 Å². The number of carbonyl (C=O) groups excluding carboxylic acids is 2. The van der Waals surface area contributed by atoms with Crippen molar-refractivity contribution in [2.24, 2.45) is 0 Å². The van der Waals surface area contributed by atoms with Crippen LogP contribution in [0, 0.1) is 0 Å². The molecule has 1 aromatic heterocycles. The second-order valence-corrected chi connectivity index (χ2v) is 7.67. The van der Waals surface area contributed by atoms with E-state index in [9.17, 15) is 22.8 Å². The summed E-state index contributed by atoms with van der Waals surface area (Å²) in [5.41, 5.74) is 0.227. The van der Waals surface area contributed by atoms with Gasteiger partial charge in [-0.2, -0.15) is 13.2 Å². The van der Waals surface area contributed by atoms with E-state index in [1.54, 1.807) is 43.3 Å². The van der Waals surface area contributed by atoms with Crippen LogP contribution >= 0.6 is 11.3 Å². The summed E-state index contributed by atoms with van der Waals surface area (Å²) in [6.07, 6.45) is -2.63. The molecule has 3 rings (SSSR count). The highest BCUT2D eigenvalue weighted by molar-refractivity contribution is 7.15. The molecule has 0 saturated heterocycles. The number of nitrogens with one attached hydrogen (secondary N) is 2. The summed E-state index contributed by atoms with van der Waals surface area (Å²) in [5.74, 6) is -0.818. The summed E-state index contributed by atoms with van der Waals surface area (Å²) in [5, 5.41) is 5.52. The molecule has 0 fully saturated rings. The van der Waals surface area contributed by atoms with Crippen molar-refractivity contribution in [2.75, 3.05) is 5.32 Å². The van der Waals surface area contributed by atoms with Gasteiger partial charge in [0, 0.05) is 23.1 Å². The largest absolute Gasteiger partial charge is 0.416 e. The van der Waals surface area contributed by atoms with Gasteiger partial charge >= 0.3 is 6.18 Å². The first-order valence-electron chi connectivity index (χ1n) is 9.00. The molecule has 1 heterocycles. The average Bonchev–Trinajstić information content (AvgIpc) is 3.14. The molecule has 30 heavy (non-hydrogen) atoms. The Morgan fingerprint density at radius 1 is 1.10 bits per heavy atom. The Balaban J connectivity index is 1.58. The molecule has 2 aromatic carbocycles. The summed E-state index contributed by atoms with van der Waals surface area (Å²) in [4.78, 5) is 29.2. The van der Waals surface area contributed by atoms with Crippen molar-refractivity contribution in [2.45, 2.75) is 25.6 Å². The highest BCUT2D eigenvalue weighted by atomic mass is 32.1. The Labute approximate surface area is 175 Å². The molecule has 0 aliphatic heterocycles. The normalized spacial score (nSPS) is 12.3. The highest BCUT2D eigenvalue weighted by Crippen LogP contribution is 2.30. The molecule has 0 aliphatic carbocycles. The van der Waals surface area contributed by atoms with Gasteiger partial charge in [0.2, 0.25) is 5.91 Å². The van der Waals surface area contributed by atoms with Crippen LogP contribution in [0.2, 0.25) is 0 Å². The van der Waals surface area contributed by atoms with Crippen LogP contribution in [-0.4, -0.2) is 22.8 Å². The third-order valence-electron chi connectivity index (χ3n) is 4.19. The lowest BCUT2D eigenvalue weighted by atomic mass is 10.1. The molecule has 5 nitrogen and oxygen atoms in total. The fourth-order valence-electron chi connectivity index (χ4n) is 2.65. The second kappa shape index (κ2) is 9.08. The minimum absolute atomic E-state index is 0.262. The number of carbonyl (C=O) groups is 2. The van der Waals surface area contributed by atoms with Gasteiger partial charge in [-0.15, -0.1) is 11.3 Å². The molecule has 0 radical (unpaired) electrons. The van der Waals surface area contributed by atoms with Gasteiger partial charge in [-0.3, -0.25) is 9.59 Å². The molecule has 156 valence electrons. The number of nitrogens with zero attached hydrogens (tertiary/aromatic N) is 1. The van der Waals surface area contributed by atoms with Crippen LogP contribution in [0.5, 0.6) is 0 Å². The van der Waals surface area contributed by atoms with Crippen LogP contribution in [0.15, 0.2) is 60.8 Å². The van der Waals surface area contributed by atoms with Gasteiger partial charge in [-0.25, -0.2) is 4.98 Å². The molecular weight excluding hydrogens is 415 g/mol. The fraction of sp³-hybridized carbons (Fsp3) is 0.190. The molecule has 9 heteroatoms. The van der Waals surface area contributed by atoms with Gasteiger partial charge in [0.25, 0.3) is 5.91 Å². The number of hydrogen-bond acceptors (Lipinski definition) is 4. The third-order valence-corrected chi connectivity index (χ3v) is 5.11. The lowest BCUT2D eigenvalue weighted by molar-refractivity contribution is -0.137. The van der Waals surface area contributed by atoms with Crippen LogP contribution in [0.25, 0.3) is 0 Å². The minimum atomic E-state index is -4.40. The Bertz CT molecular complexity index is 1040. The maximum Gasteiger partial charge on any atom is 0.416 e. The fourth-order valence-corrected chi connectivity index (χ4v) is 3.50. The van der Waals surface area contributed by atoms with Crippen molar-refractivity contribution < 1.29 is 22.8 Å². The van der Waals surface area contributed by atoms with Gasteiger partial charge < -0.3 is 10.6 Å². The molecule has 2 amide bonds. The van der Waals surface area contributed by atoms with Crippen molar-refractivity contribution >= 4 is 28.3 Å². The van der Waals surface area contributed by atoms with E-state index in [1.165, 1.54) is 23.6 Å². The lowest BCUT2D eigenvalue weighted by Crippen LogP contribution is -2.41. The second-order valence-electron chi connectivity index (χ2n) is 6.56. The molecule has 0 saturated carbocycles. The van der Waals surface area contributed by atoms with Crippen molar-refractivity contribution in [1.82, 2.24) is 10.3 Å². The zero-order valence-corrected chi connectivity index (χ0v) is 16.7. The predicted molar refractivity (Wildman–Crippen MR) is 108 cm³/mol. The van der Waals surface area contributed by atoms with Crippen LogP contribution in [0.4, 0.5) is 18.3 Å². The van der Waals surface area contributed by atoms with E-state index in [1.807, 2.05) is 0 Å². The number of thiazole rings is 1. The molecule has 0 aliphatic rings. The lowest BCUT2D eigenvalue weighted by Gasteiger charge is -2.12. The minimum Gasteiger partial charge on any atom is -0.341 e. The summed E-state index contributed by atoms with van der Waals surface area (Å²) >= 11 is 1.17. The Kier molecular flexibility index (Phi) is 6.51. The van der Waals surface area contributed by atoms with Gasteiger partial charge in [-0.05, 0) is 30.7 Å². The maximum atomic E-state index is 12.8. The summed E-state index contributed by atoms with van der Waals surface area (Å²) < 4.78 is 38.5. The number of amides is 2. The zero-order chi connectivity index (χ0) is 21.7. The van der Waals surface area contributed by atoms with E-state index in [4.69, 9.17) is 0 Å². The molecule has 0 bridgehead atoms. The van der Waals surface area contributed by atoms with Crippen LogP contribution < -0.4 is 10.6 Å². The Morgan fingerprint density at radius 3 is 2.53 bits per heavy atom. The van der Waals surface area contributed by atoms with E-state index in [2.05, 4.69) is 15.6 Å². The zero-order valence-electron chi connectivity index (χ0n) is 15.9. The van der Waals surface area contributed by atoms with Gasteiger partial charge in [0.1, 0.15) is 6.04 Å². The summed E-state index contributed by atoms with van der Waals surface area (Å²) in [6.45, 7) is 1.55. The number of alkyl halides is 3. The summed E-state index contributed by atoms with van der Waals surface area (Å²) in [7, 11) is 0. The molecule has 3 aromatic rings. The van der Waals surface area contributed by atoms with Crippen molar-refractivity contribution in [3.8, 4) is 0 Å². The molecule has 2 N–H and O–H groups in total.